The maximum absolute atomic E-state index is 5.29. The SMILES string of the molecule is CC[C@H](C)Nc1nc(NCc2cccc(OC)c2)cc(-c2ccccn2)n1. The molecule has 1 aromatic carbocycles. The normalized spacial score (nSPS) is 11.7. The van der Waals surface area contributed by atoms with Crippen LogP contribution < -0.4 is 15.4 Å². The number of rotatable bonds is 8. The number of nitrogens with zero attached hydrogens (tertiary/aromatic N) is 3. The highest BCUT2D eigenvalue weighted by Crippen LogP contribution is 2.21. The topological polar surface area (TPSA) is 72.0 Å². The average Bonchev–Trinajstić information content (AvgIpc) is 2.72. The molecule has 6 nitrogen and oxygen atoms in total. The lowest BCUT2D eigenvalue weighted by Gasteiger charge is -2.14. The summed E-state index contributed by atoms with van der Waals surface area (Å²) in [6.45, 7) is 4.88. The number of pyridine rings is 1. The molecule has 2 N–H and O–H groups in total. The zero-order valence-corrected chi connectivity index (χ0v) is 15.9. The Morgan fingerprint density at radius 3 is 2.67 bits per heavy atom. The van der Waals surface area contributed by atoms with Crippen molar-refractivity contribution in [2.45, 2.75) is 32.9 Å². The summed E-state index contributed by atoms with van der Waals surface area (Å²) in [5.41, 5.74) is 2.71. The van der Waals surface area contributed by atoms with Crippen LogP contribution in [0.25, 0.3) is 11.4 Å². The van der Waals surface area contributed by atoms with Crippen molar-refractivity contribution in [1.82, 2.24) is 15.0 Å². The quantitative estimate of drug-likeness (QED) is 0.619. The minimum absolute atomic E-state index is 0.287. The van der Waals surface area contributed by atoms with Crippen LogP contribution in [0.4, 0.5) is 11.8 Å². The summed E-state index contributed by atoms with van der Waals surface area (Å²) in [5.74, 6) is 2.19. The third-order valence-corrected chi connectivity index (χ3v) is 4.25. The fourth-order valence-electron chi connectivity index (χ4n) is 2.55. The maximum Gasteiger partial charge on any atom is 0.225 e. The Labute approximate surface area is 160 Å². The Bertz CT molecular complexity index is 869. The summed E-state index contributed by atoms with van der Waals surface area (Å²) in [6.07, 6.45) is 2.76. The molecular formula is C21H25N5O. The number of nitrogens with one attached hydrogen (secondary N) is 2. The summed E-state index contributed by atoms with van der Waals surface area (Å²) < 4.78 is 5.29. The van der Waals surface area contributed by atoms with Crippen molar-refractivity contribution < 1.29 is 4.74 Å². The molecule has 0 spiro atoms. The van der Waals surface area contributed by atoms with Crippen LogP contribution in [0.2, 0.25) is 0 Å². The van der Waals surface area contributed by atoms with Gasteiger partial charge in [0.2, 0.25) is 5.95 Å². The summed E-state index contributed by atoms with van der Waals surface area (Å²) in [4.78, 5) is 13.7. The number of anilines is 2. The van der Waals surface area contributed by atoms with Gasteiger partial charge in [-0.2, -0.15) is 4.98 Å². The molecule has 140 valence electrons. The van der Waals surface area contributed by atoms with Gasteiger partial charge in [-0.05, 0) is 43.2 Å². The van der Waals surface area contributed by atoms with Gasteiger partial charge in [0.25, 0.3) is 0 Å². The molecule has 0 radical (unpaired) electrons. The highest BCUT2D eigenvalue weighted by molar-refractivity contribution is 5.61. The van der Waals surface area contributed by atoms with E-state index in [0.29, 0.717) is 12.5 Å². The molecule has 0 saturated heterocycles. The van der Waals surface area contributed by atoms with Gasteiger partial charge >= 0.3 is 0 Å². The van der Waals surface area contributed by atoms with Crippen molar-refractivity contribution in [3.05, 3.63) is 60.3 Å². The van der Waals surface area contributed by atoms with Crippen LogP contribution in [0.1, 0.15) is 25.8 Å². The second-order valence-electron chi connectivity index (χ2n) is 6.34. The van der Waals surface area contributed by atoms with Gasteiger partial charge < -0.3 is 15.4 Å². The molecule has 6 heteroatoms. The summed E-state index contributed by atoms with van der Waals surface area (Å²) >= 11 is 0. The van der Waals surface area contributed by atoms with Crippen molar-refractivity contribution in [3.8, 4) is 17.1 Å². The monoisotopic (exact) mass is 363 g/mol. The van der Waals surface area contributed by atoms with Crippen molar-refractivity contribution in [3.63, 3.8) is 0 Å². The van der Waals surface area contributed by atoms with Gasteiger partial charge in [0.05, 0.1) is 18.5 Å². The van der Waals surface area contributed by atoms with E-state index in [-0.39, 0.29) is 6.04 Å². The molecular weight excluding hydrogens is 338 g/mol. The van der Waals surface area contributed by atoms with E-state index in [1.165, 1.54) is 0 Å². The fourth-order valence-corrected chi connectivity index (χ4v) is 2.55. The molecule has 0 unspecified atom stereocenters. The molecule has 0 fully saturated rings. The van der Waals surface area contributed by atoms with Crippen LogP contribution in [0, 0.1) is 0 Å². The molecule has 0 aliphatic rings. The predicted molar refractivity (Wildman–Crippen MR) is 109 cm³/mol. The zero-order valence-electron chi connectivity index (χ0n) is 15.9. The number of aromatic nitrogens is 3. The van der Waals surface area contributed by atoms with Gasteiger partial charge in [-0.25, -0.2) is 4.98 Å². The number of ether oxygens (including phenoxy) is 1. The van der Waals surface area contributed by atoms with Gasteiger partial charge in [0.15, 0.2) is 0 Å². The van der Waals surface area contributed by atoms with Crippen molar-refractivity contribution in [1.29, 1.82) is 0 Å². The first-order valence-corrected chi connectivity index (χ1v) is 9.11. The van der Waals surface area contributed by atoms with E-state index in [9.17, 15) is 0 Å². The second-order valence-corrected chi connectivity index (χ2v) is 6.34. The number of hydrogen-bond donors (Lipinski definition) is 2. The molecule has 3 rings (SSSR count). The summed E-state index contributed by atoms with van der Waals surface area (Å²) in [7, 11) is 1.67. The third-order valence-electron chi connectivity index (χ3n) is 4.25. The highest BCUT2D eigenvalue weighted by atomic mass is 16.5. The Morgan fingerprint density at radius 2 is 1.93 bits per heavy atom. The molecule has 27 heavy (non-hydrogen) atoms. The molecule has 0 saturated carbocycles. The van der Waals surface area contributed by atoms with Crippen LogP contribution in [0.5, 0.6) is 5.75 Å². The van der Waals surface area contributed by atoms with E-state index in [4.69, 9.17) is 4.74 Å². The van der Waals surface area contributed by atoms with Crippen LogP contribution in [-0.2, 0) is 6.54 Å². The van der Waals surface area contributed by atoms with Gasteiger partial charge in [-0.1, -0.05) is 25.1 Å². The minimum Gasteiger partial charge on any atom is -0.497 e. The van der Waals surface area contributed by atoms with Crippen LogP contribution in [-0.4, -0.2) is 28.1 Å². The van der Waals surface area contributed by atoms with E-state index in [1.54, 1.807) is 13.3 Å². The van der Waals surface area contributed by atoms with Gasteiger partial charge in [0.1, 0.15) is 11.6 Å². The molecule has 2 aromatic heterocycles. The van der Waals surface area contributed by atoms with Crippen LogP contribution in [0.3, 0.4) is 0 Å². The predicted octanol–water partition coefficient (Wildman–Crippen LogP) is 4.37. The Balaban J connectivity index is 1.85. The fraction of sp³-hybridized carbons (Fsp3) is 0.286. The largest absolute Gasteiger partial charge is 0.497 e. The highest BCUT2D eigenvalue weighted by Gasteiger charge is 2.09. The average molecular weight is 363 g/mol. The molecule has 2 heterocycles. The lowest BCUT2D eigenvalue weighted by Crippen LogP contribution is -2.16. The third kappa shape index (κ3) is 5.17. The van der Waals surface area contributed by atoms with Crippen molar-refractivity contribution in [2.75, 3.05) is 17.7 Å². The molecule has 0 aliphatic carbocycles. The number of benzene rings is 1. The molecule has 0 amide bonds. The molecule has 0 aliphatic heterocycles. The lowest BCUT2D eigenvalue weighted by molar-refractivity contribution is 0.414. The minimum atomic E-state index is 0.287. The second kappa shape index (κ2) is 8.98. The van der Waals surface area contributed by atoms with E-state index < -0.39 is 0 Å². The first-order chi connectivity index (χ1) is 13.2. The molecule has 0 bridgehead atoms. The zero-order chi connectivity index (χ0) is 19.1. The molecule has 1 atom stereocenters. The van der Waals surface area contributed by atoms with Crippen LogP contribution in [0.15, 0.2) is 54.7 Å². The standard InChI is InChI=1S/C21H25N5O/c1-4-15(2)24-21-25-19(18-10-5-6-11-22-18)13-20(26-21)23-14-16-8-7-9-17(12-16)27-3/h5-13,15H,4,14H2,1-3H3,(H2,23,24,25,26)/t15-/m0/s1. The Hall–Kier alpha value is -3.15. The van der Waals surface area contributed by atoms with Gasteiger partial charge in [0, 0.05) is 24.8 Å². The first kappa shape index (κ1) is 18.6. The van der Waals surface area contributed by atoms with Gasteiger partial charge in [-0.3, -0.25) is 4.98 Å². The Kier molecular flexibility index (Phi) is 6.20. The van der Waals surface area contributed by atoms with E-state index in [2.05, 4.69) is 45.5 Å². The number of hydrogen-bond acceptors (Lipinski definition) is 6. The van der Waals surface area contributed by atoms with Crippen molar-refractivity contribution in [2.24, 2.45) is 0 Å². The lowest BCUT2D eigenvalue weighted by atomic mass is 10.2. The summed E-state index contributed by atoms with van der Waals surface area (Å²) in [6, 6.07) is 16.0. The van der Waals surface area contributed by atoms with Gasteiger partial charge in [-0.15, -0.1) is 0 Å². The molecule has 3 aromatic rings. The van der Waals surface area contributed by atoms with Crippen LogP contribution >= 0.6 is 0 Å². The maximum atomic E-state index is 5.29. The van der Waals surface area contributed by atoms with Crippen molar-refractivity contribution >= 4 is 11.8 Å². The van der Waals surface area contributed by atoms with E-state index in [0.717, 1.165) is 34.9 Å². The summed E-state index contributed by atoms with van der Waals surface area (Å²) in [5, 5.41) is 6.73. The first-order valence-electron chi connectivity index (χ1n) is 9.11. The smallest absolute Gasteiger partial charge is 0.225 e. The van der Waals surface area contributed by atoms with E-state index in [1.807, 2.05) is 42.5 Å². The number of methoxy groups -OCH3 is 1. The van der Waals surface area contributed by atoms with E-state index >= 15 is 0 Å². The Morgan fingerprint density at radius 1 is 1.04 bits per heavy atom.